The fraction of sp³-hybridized carbons (Fsp3) is 0.429. The summed E-state index contributed by atoms with van der Waals surface area (Å²) in [6.07, 6.45) is 0. The second kappa shape index (κ2) is 6.35. The minimum absolute atomic E-state index is 0.0498. The van der Waals surface area contributed by atoms with Gasteiger partial charge in [0.2, 0.25) is 0 Å². The summed E-state index contributed by atoms with van der Waals surface area (Å²) in [4.78, 5) is 16.9. The molecule has 0 radical (unpaired) electrons. The Morgan fingerprint density at radius 2 is 2.25 bits per heavy atom. The average Bonchev–Trinajstić information content (AvgIpc) is 2.42. The van der Waals surface area contributed by atoms with Gasteiger partial charge in [0.15, 0.2) is 0 Å². The van der Waals surface area contributed by atoms with E-state index in [1.54, 1.807) is 36.9 Å². The van der Waals surface area contributed by atoms with Crippen LogP contribution in [0.4, 0.5) is 0 Å². The summed E-state index contributed by atoms with van der Waals surface area (Å²) in [7, 11) is 3.38. The molecular formula is C14H18ClN3O2. The van der Waals surface area contributed by atoms with E-state index in [9.17, 15) is 4.79 Å². The molecule has 5 nitrogen and oxygen atoms in total. The fourth-order valence-corrected chi connectivity index (χ4v) is 2.28. The molecule has 1 aromatic heterocycles. The second-order valence-electron chi connectivity index (χ2n) is 4.66. The number of aromatic nitrogens is 2. The van der Waals surface area contributed by atoms with Crippen molar-refractivity contribution in [2.45, 2.75) is 13.0 Å². The fourth-order valence-electron chi connectivity index (χ4n) is 2.12. The van der Waals surface area contributed by atoms with Crippen LogP contribution < -0.4 is 10.9 Å². The van der Waals surface area contributed by atoms with E-state index < -0.39 is 0 Å². The van der Waals surface area contributed by atoms with Crippen molar-refractivity contribution >= 4 is 22.5 Å². The molecule has 0 saturated carbocycles. The quantitative estimate of drug-likeness (QED) is 0.856. The Bertz CT molecular complexity index is 669. The summed E-state index contributed by atoms with van der Waals surface area (Å²) in [5.41, 5.74) is 0.554. The van der Waals surface area contributed by atoms with Gasteiger partial charge in [-0.05, 0) is 25.1 Å². The van der Waals surface area contributed by atoms with Crippen molar-refractivity contribution in [3.63, 3.8) is 0 Å². The van der Waals surface area contributed by atoms with Crippen LogP contribution in [0.5, 0.6) is 0 Å². The molecule has 1 aromatic carbocycles. The van der Waals surface area contributed by atoms with Crippen molar-refractivity contribution < 1.29 is 4.74 Å². The molecule has 0 saturated heterocycles. The number of benzene rings is 1. The predicted molar refractivity (Wildman–Crippen MR) is 80.3 cm³/mol. The number of nitrogens with one attached hydrogen (secondary N) is 1. The normalized spacial score (nSPS) is 12.8. The summed E-state index contributed by atoms with van der Waals surface area (Å²) < 4.78 is 6.57. The smallest absolute Gasteiger partial charge is 0.261 e. The van der Waals surface area contributed by atoms with Crippen LogP contribution in [0, 0.1) is 0 Å². The number of rotatable bonds is 5. The number of hydrogen-bond donors (Lipinski definition) is 1. The average molecular weight is 296 g/mol. The molecule has 0 aliphatic heterocycles. The highest BCUT2D eigenvalue weighted by Gasteiger charge is 2.14. The molecule has 108 valence electrons. The molecule has 20 heavy (non-hydrogen) atoms. The van der Waals surface area contributed by atoms with Gasteiger partial charge in [-0.15, -0.1) is 0 Å². The first-order valence-corrected chi connectivity index (χ1v) is 6.81. The highest BCUT2D eigenvalue weighted by Crippen LogP contribution is 2.17. The van der Waals surface area contributed by atoms with Crippen LogP contribution in [0.25, 0.3) is 10.9 Å². The van der Waals surface area contributed by atoms with Gasteiger partial charge >= 0.3 is 0 Å². The van der Waals surface area contributed by atoms with Gasteiger partial charge < -0.3 is 10.1 Å². The van der Waals surface area contributed by atoms with E-state index >= 15 is 0 Å². The van der Waals surface area contributed by atoms with E-state index in [0.717, 1.165) is 0 Å². The van der Waals surface area contributed by atoms with Crippen LogP contribution in [0.1, 0.15) is 18.8 Å². The lowest BCUT2D eigenvalue weighted by molar-refractivity contribution is 0.196. The molecule has 0 unspecified atom stereocenters. The monoisotopic (exact) mass is 295 g/mol. The topological polar surface area (TPSA) is 56.1 Å². The van der Waals surface area contributed by atoms with Crippen molar-refractivity contribution in [1.82, 2.24) is 14.9 Å². The third-order valence-electron chi connectivity index (χ3n) is 3.22. The van der Waals surface area contributed by atoms with Crippen LogP contribution in [-0.4, -0.2) is 29.8 Å². The predicted octanol–water partition coefficient (Wildman–Crippen LogP) is 1.88. The first-order valence-electron chi connectivity index (χ1n) is 6.43. The van der Waals surface area contributed by atoms with Crippen molar-refractivity contribution in [3.8, 4) is 0 Å². The van der Waals surface area contributed by atoms with E-state index in [1.807, 2.05) is 6.92 Å². The Morgan fingerprint density at radius 1 is 1.50 bits per heavy atom. The zero-order valence-electron chi connectivity index (χ0n) is 11.8. The maximum absolute atomic E-state index is 12.3. The van der Waals surface area contributed by atoms with Crippen LogP contribution in [-0.2, 0) is 11.8 Å². The summed E-state index contributed by atoms with van der Waals surface area (Å²) in [6.45, 7) is 3.27. The minimum Gasteiger partial charge on any atom is -0.383 e. The summed E-state index contributed by atoms with van der Waals surface area (Å²) in [5.74, 6) is 0.681. The number of nitrogens with zero attached hydrogens (tertiary/aromatic N) is 2. The van der Waals surface area contributed by atoms with Gasteiger partial charge in [-0.25, -0.2) is 4.98 Å². The SMILES string of the molecule is COCCN[C@H](C)c1nc2cc(Cl)ccc2c(=O)n1C. The molecule has 6 heteroatoms. The molecule has 0 aliphatic carbocycles. The zero-order valence-corrected chi connectivity index (χ0v) is 12.6. The van der Waals surface area contributed by atoms with E-state index in [2.05, 4.69) is 10.3 Å². The molecule has 0 bridgehead atoms. The molecule has 0 aliphatic rings. The zero-order chi connectivity index (χ0) is 14.7. The van der Waals surface area contributed by atoms with Gasteiger partial charge in [0.25, 0.3) is 5.56 Å². The standard InChI is InChI=1S/C14H18ClN3O2/c1-9(16-6-7-20-3)13-17-12-8-10(15)4-5-11(12)14(19)18(13)2/h4-5,8-9,16H,6-7H2,1-3H3/t9-/m1/s1. The third-order valence-corrected chi connectivity index (χ3v) is 3.45. The van der Waals surface area contributed by atoms with Gasteiger partial charge in [0, 0.05) is 25.7 Å². The molecule has 0 fully saturated rings. The molecule has 0 spiro atoms. The lowest BCUT2D eigenvalue weighted by Crippen LogP contribution is -2.30. The number of hydrogen-bond acceptors (Lipinski definition) is 4. The molecule has 1 heterocycles. The molecule has 1 N–H and O–H groups in total. The molecule has 2 aromatic rings. The lowest BCUT2D eigenvalue weighted by Gasteiger charge is -2.17. The van der Waals surface area contributed by atoms with E-state index in [1.165, 1.54) is 0 Å². The highest BCUT2D eigenvalue weighted by atomic mass is 35.5. The largest absolute Gasteiger partial charge is 0.383 e. The van der Waals surface area contributed by atoms with Crippen molar-refractivity contribution in [3.05, 3.63) is 39.4 Å². The third kappa shape index (κ3) is 3.00. The van der Waals surface area contributed by atoms with Gasteiger partial charge in [-0.2, -0.15) is 0 Å². The molecule has 1 atom stereocenters. The van der Waals surface area contributed by atoms with Gasteiger partial charge in [0.1, 0.15) is 5.82 Å². The molecular weight excluding hydrogens is 278 g/mol. The summed E-state index contributed by atoms with van der Waals surface area (Å²) in [6, 6.07) is 5.07. The summed E-state index contributed by atoms with van der Waals surface area (Å²) >= 11 is 5.96. The van der Waals surface area contributed by atoms with Gasteiger partial charge in [-0.3, -0.25) is 9.36 Å². The maximum Gasteiger partial charge on any atom is 0.261 e. The van der Waals surface area contributed by atoms with Crippen LogP contribution >= 0.6 is 11.6 Å². The lowest BCUT2D eigenvalue weighted by atomic mass is 10.2. The van der Waals surface area contributed by atoms with Crippen molar-refractivity contribution in [1.29, 1.82) is 0 Å². The van der Waals surface area contributed by atoms with Gasteiger partial charge in [-0.1, -0.05) is 11.6 Å². The number of methoxy groups -OCH3 is 1. The Morgan fingerprint density at radius 3 is 2.95 bits per heavy atom. The van der Waals surface area contributed by atoms with Crippen LogP contribution in [0.15, 0.2) is 23.0 Å². The maximum atomic E-state index is 12.3. The highest BCUT2D eigenvalue weighted by molar-refractivity contribution is 6.31. The minimum atomic E-state index is -0.0675. The van der Waals surface area contributed by atoms with E-state index in [-0.39, 0.29) is 11.6 Å². The van der Waals surface area contributed by atoms with Crippen molar-refractivity contribution in [2.24, 2.45) is 7.05 Å². The Balaban J connectivity index is 2.43. The number of fused-ring (bicyclic) bond motifs is 1. The Labute approximate surface area is 122 Å². The second-order valence-corrected chi connectivity index (χ2v) is 5.10. The van der Waals surface area contributed by atoms with Gasteiger partial charge in [0.05, 0.1) is 23.6 Å². The number of halogens is 1. The molecule has 0 amide bonds. The number of ether oxygens (including phenoxy) is 1. The van der Waals surface area contributed by atoms with E-state index in [4.69, 9.17) is 16.3 Å². The first kappa shape index (κ1) is 15.0. The Kier molecular flexibility index (Phi) is 4.75. The molecule has 2 rings (SSSR count). The van der Waals surface area contributed by atoms with Crippen molar-refractivity contribution in [2.75, 3.05) is 20.3 Å². The summed E-state index contributed by atoms with van der Waals surface area (Å²) in [5, 5.41) is 4.41. The first-order chi connectivity index (χ1) is 9.54. The van der Waals surface area contributed by atoms with E-state index in [0.29, 0.717) is 34.9 Å². The Hall–Kier alpha value is -1.43. The van der Waals surface area contributed by atoms with Crippen LogP contribution in [0.3, 0.4) is 0 Å². The van der Waals surface area contributed by atoms with Crippen LogP contribution in [0.2, 0.25) is 5.02 Å².